The van der Waals surface area contributed by atoms with Crippen molar-refractivity contribution in [2.45, 2.75) is 38.5 Å². The fraction of sp³-hybridized carbons (Fsp3) is 0.476. The summed E-state index contributed by atoms with van der Waals surface area (Å²) in [5.74, 6) is 1.84. The van der Waals surface area contributed by atoms with E-state index in [-0.39, 0.29) is 22.8 Å². The second-order valence-electron chi connectivity index (χ2n) is 8.66. The number of nitrogens with one attached hydrogen (secondary N) is 2. The minimum atomic E-state index is -0.349. The molecule has 6 nitrogen and oxygen atoms in total. The van der Waals surface area contributed by atoms with E-state index in [1.54, 1.807) is 24.3 Å². The molecule has 4 aliphatic carbocycles. The molecule has 4 saturated carbocycles. The highest BCUT2D eigenvalue weighted by Crippen LogP contribution is 2.60. The number of fused-ring (bicyclic) bond motifs is 1. The van der Waals surface area contributed by atoms with Gasteiger partial charge < -0.3 is 5.11 Å². The fourth-order valence-electron chi connectivity index (χ4n) is 6.08. The van der Waals surface area contributed by atoms with Gasteiger partial charge in [-0.15, -0.1) is 0 Å². The Morgan fingerprint density at radius 3 is 2.33 bits per heavy atom. The predicted molar refractivity (Wildman–Crippen MR) is 103 cm³/mol. The summed E-state index contributed by atoms with van der Waals surface area (Å²) in [6.07, 6.45) is 8.21. The zero-order valence-electron chi connectivity index (χ0n) is 15.1. The van der Waals surface area contributed by atoms with E-state index in [9.17, 15) is 14.7 Å². The Morgan fingerprint density at radius 1 is 1.11 bits per heavy atom. The Kier molecular flexibility index (Phi) is 3.64. The summed E-state index contributed by atoms with van der Waals surface area (Å²) in [4.78, 5) is 27.3. The van der Waals surface area contributed by atoms with E-state index >= 15 is 0 Å². The number of hydrogen-bond acceptors (Lipinski definition) is 4. The maximum atomic E-state index is 12.9. The zero-order chi connectivity index (χ0) is 18.6. The number of benzene rings is 1. The van der Waals surface area contributed by atoms with E-state index in [0.717, 1.165) is 19.3 Å². The van der Waals surface area contributed by atoms with Gasteiger partial charge in [-0.1, -0.05) is 18.2 Å². The highest BCUT2D eigenvalue weighted by Gasteiger charge is 2.54. The number of H-pyrrole nitrogens is 1. The Balaban J connectivity index is 1.39. The van der Waals surface area contributed by atoms with Crippen molar-refractivity contribution in [3.05, 3.63) is 40.2 Å². The monoisotopic (exact) mass is 365 g/mol. The number of aromatic amines is 1. The van der Waals surface area contributed by atoms with E-state index in [0.29, 0.717) is 34.1 Å². The van der Waals surface area contributed by atoms with Crippen LogP contribution in [0.15, 0.2) is 34.2 Å². The third-order valence-corrected chi connectivity index (χ3v) is 6.83. The SMILES string of the molecule is O=C(NN=Cc1c(O)[nH]c(=O)c2ccccc12)C12CC3CC(CC(C3)C1)C2. The second kappa shape index (κ2) is 5.94. The van der Waals surface area contributed by atoms with E-state index < -0.39 is 0 Å². The van der Waals surface area contributed by atoms with Gasteiger partial charge in [-0.05, 0) is 62.3 Å². The molecule has 0 atom stereocenters. The van der Waals surface area contributed by atoms with Crippen LogP contribution >= 0.6 is 0 Å². The van der Waals surface area contributed by atoms with Crippen molar-refractivity contribution in [2.24, 2.45) is 28.3 Å². The first-order valence-corrected chi connectivity index (χ1v) is 9.71. The number of aromatic hydroxyl groups is 1. The number of pyridine rings is 1. The maximum absolute atomic E-state index is 12.9. The topological polar surface area (TPSA) is 94.5 Å². The molecule has 2 aromatic rings. The first-order valence-electron chi connectivity index (χ1n) is 9.71. The maximum Gasteiger partial charge on any atom is 0.258 e. The number of carbonyl (C=O) groups is 1. The predicted octanol–water partition coefficient (Wildman–Crippen LogP) is 2.90. The van der Waals surface area contributed by atoms with Gasteiger partial charge in [0.25, 0.3) is 5.56 Å². The van der Waals surface area contributed by atoms with Gasteiger partial charge in [0.1, 0.15) is 0 Å². The van der Waals surface area contributed by atoms with Crippen molar-refractivity contribution < 1.29 is 9.90 Å². The number of hydrazone groups is 1. The van der Waals surface area contributed by atoms with Crippen molar-refractivity contribution >= 4 is 22.9 Å². The molecule has 0 saturated heterocycles. The molecule has 4 bridgehead atoms. The lowest BCUT2D eigenvalue weighted by Crippen LogP contribution is -2.52. The van der Waals surface area contributed by atoms with E-state index in [4.69, 9.17) is 0 Å². The summed E-state index contributed by atoms with van der Waals surface area (Å²) in [6, 6.07) is 7.02. The van der Waals surface area contributed by atoms with Crippen molar-refractivity contribution in [1.82, 2.24) is 10.4 Å². The molecule has 6 heteroatoms. The van der Waals surface area contributed by atoms with E-state index in [2.05, 4.69) is 15.5 Å². The molecule has 4 fully saturated rings. The number of carbonyl (C=O) groups excluding carboxylic acids is 1. The molecule has 140 valence electrons. The smallest absolute Gasteiger partial charge is 0.258 e. The molecule has 3 N–H and O–H groups in total. The van der Waals surface area contributed by atoms with Crippen LogP contribution in [0.2, 0.25) is 0 Å². The summed E-state index contributed by atoms with van der Waals surface area (Å²) in [5.41, 5.74) is 2.51. The van der Waals surface area contributed by atoms with Crippen LogP contribution in [0.3, 0.4) is 0 Å². The molecule has 0 radical (unpaired) electrons. The summed E-state index contributed by atoms with van der Waals surface area (Å²) in [5, 5.41) is 15.3. The molecule has 1 heterocycles. The molecule has 1 amide bonds. The zero-order valence-corrected chi connectivity index (χ0v) is 15.1. The highest BCUT2D eigenvalue weighted by molar-refractivity contribution is 6.01. The van der Waals surface area contributed by atoms with Gasteiger partial charge in [-0.25, -0.2) is 5.43 Å². The third-order valence-electron chi connectivity index (χ3n) is 6.83. The van der Waals surface area contributed by atoms with Crippen LogP contribution in [-0.4, -0.2) is 22.2 Å². The second-order valence-corrected chi connectivity index (χ2v) is 8.66. The van der Waals surface area contributed by atoms with Crippen molar-refractivity contribution in [3.63, 3.8) is 0 Å². The molecule has 0 spiro atoms. The van der Waals surface area contributed by atoms with Crippen LogP contribution in [0.5, 0.6) is 5.88 Å². The first-order chi connectivity index (χ1) is 13.0. The van der Waals surface area contributed by atoms with Gasteiger partial charge in [0.05, 0.1) is 17.2 Å². The summed E-state index contributed by atoms with van der Waals surface area (Å²) < 4.78 is 0. The Hall–Kier alpha value is -2.63. The lowest BCUT2D eigenvalue weighted by molar-refractivity contribution is -0.146. The van der Waals surface area contributed by atoms with Gasteiger partial charge in [0.15, 0.2) is 0 Å². The largest absolute Gasteiger partial charge is 0.494 e. The minimum absolute atomic E-state index is 0.00562. The first kappa shape index (κ1) is 16.5. The number of hydrogen-bond donors (Lipinski definition) is 3. The molecule has 1 aromatic carbocycles. The number of aromatic nitrogens is 1. The van der Waals surface area contributed by atoms with Crippen LogP contribution in [0.4, 0.5) is 0 Å². The summed E-state index contributed by atoms with van der Waals surface area (Å²) in [7, 11) is 0. The third kappa shape index (κ3) is 2.66. The molecular formula is C21H23N3O3. The molecule has 1 aromatic heterocycles. The molecule has 4 aliphatic rings. The van der Waals surface area contributed by atoms with Crippen LogP contribution in [0.1, 0.15) is 44.1 Å². The molecule has 27 heavy (non-hydrogen) atoms. The molecule has 0 aliphatic heterocycles. The molecule has 0 unspecified atom stereocenters. The molecule has 6 rings (SSSR count). The number of nitrogens with zero attached hydrogens (tertiary/aromatic N) is 1. The van der Waals surface area contributed by atoms with Gasteiger partial charge in [0.2, 0.25) is 11.8 Å². The normalized spacial score (nSPS) is 31.6. The van der Waals surface area contributed by atoms with Crippen LogP contribution in [0.25, 0.3) is 10.8 Å². The van der Waals surface area contributed by atoms with E-state index in [1.807, 2.05) is 0 Å². The average molecular weight is 365 g/mol. The summed E-state index contributed by atoms with van der Waals surface area (Å²) >= 11 is 0. The lowest BCUT2D eigenvalue weighted by Gasteiger charge is -2.55. The summed E-state index contributed by atoms with van der Waals surface area (Å²) in [6.45, 7) is 0. The van der Waals surface area contributed by atoms with Crippen LogP contribution in [-0.2, 0) is 4.79 Å². The Morgan fingerprint density at radius 2 is 1.70 bits per heavy atom. The van der Waals surface area contributed by atoms with Gasteiger partial charge in [-0.2, -0.15) is 5.10 Å². The minimum Gasteiger partial charge on any atom is -0.494 e. The standard InChI is InChI=1S/C21H23N3O3/c25-18-16-4-2-1-3-15(16)17(19(26)23-18)11-22-24-20(27)21-8-12-5-13(9-21)7-14(6-12)10-21/h1-4,11-14H,5-10H2,(H,24,27)(H2,23,25,26). The van der Waals surface area contributed by atoms with Crippen molar-refractivity contribution in [2.75, 3.05) is 0 Å². The van der Waals surface area contributed by atoms with Gasteiger partial charge in [0, 0.05) is 10.8 Å². The van der Waals surface area contributed by atoms with Crippen LogP contribution < -0.4 is 11.0 Å². The Bertz CT molecular complexity index is 972. The van der Waals surface area contributed by atoms with Gasteiger partial charge >= 0.3 is 0 Å². The van der Waals surface area contributed by atoms with E-state index in [1.165, 1.54) is 25.5 Å². The van der Waals surface area contributed by atoms with Crippen molar-refractivity contribution in [3.8, 4) is 5.88 Å². The Labute approximate surface area is 156 Å². The fourth-order valence-corrected chi connectivity index (χ4v) is 6.08. The number of amides is 1. The quantitative estimate of drug-likeness (QED) is 0.576. The average Bonchev–Trinajstić information content (AvgIpc) is 2.63. The number of rotatable bonds is 3. The highest BCUT2D eigenvalue weighted by atomic mass is 16.3. The van der Waals surface area contributed by atoms with Crippen LogP contribution in [0, 0.1) is 23.2 Å². The molecular weight excluding hydrogens is 342 g/mol. The van der Waals surface area contributed by atoms with Gasteiger partial charge in [-0.3, -0.25) is 14.6 Å². The van der Waals surface area contributed by atoms with Crippen molar-refractivity contribution in [1.29, 1.82) is 0 Å². The lowest BCUT2D eigenvalue weighted by atomic mass is 9.49.